The van der Waals surface area contributed by atoms with Gasteiger partial charge in [-0.05, 0) is 6.07 Å². The van der Waals surface area contributed by atoms with E-state index in [1.54, 1.807) is 14.2 Å². The molecule has 80 valence electrons. The van der Waals surface area contributed by atoms with Crippen LogP contribution in [-0.4, -0.2) is 26.8 Å². The molecule has 0 N–H and O–H groups in total. The first-order chi connectivity index (χ1) is 7.33. The highest BCUT2D eigenvalue weighted by Crippen LogP contribution is 2.26. The van der Waals surface area contributed by atoms with Crippen LogP contribution in [0.2, 0.25) is 0 Å². The molecule has 4 nitrogen and oxygen atoms in total. The number of para-hydroxylation sites is 1. The zero-order valence-corrected chi connectivity index (χ0v) is 8.77. The number of methoxy groups -OCH3 is 2. The summed E-state index contributed by atoms with van der Waals surface area (Å²) >= 11 is 0. The van der Waals surface area contributed by atoms with Crippen LogP contribution in [0.3, 0.4) is 0 Å². The fourth-order valence-electron chi connectivity index (χ4n) is 1.35. The van der Waals surface area contributed by atoms with Gasteiger partial charge in [0.1, 0.15) is 11.9 Å². The number of nitrogens with zero attached hydrogens (tertiary/aromatic N) is 1. The lowest BCUT2D eigenvalue weighted by molar-refractivity contribution is 0.108. The molecule has 0 saturated heterocycles. The summed E-state index contributed by atoms with van der Waals surface area (Å²) in [7, 11) is 3.16. The van der Waals surface area contributed by atoms with Crippen molar-refractivity contribution in [3.8, 4) is 5.75 Å². The molecule has 1 aromatic carbocycles. The van der Waals surface area contributed by atoms with Gasteiger partial charge < -0.3 is 9.47 Å². The molecule has 0 radical (unpaired) electrons. The van der Waals surface area contributed by atoms with Gasteiger partial charge in [0, 0.05) is 12.7 Å². The van der Waals surface area contributed by atoms with Gasteiger partial charge in [-0.15, -0.1) is 0 Å². The van der Waals surface area contributed by atoms with Crippen LogP contribution in [-0.2, 0) is 9.53 Å². The van der Waals surface area contributed by atoms with E-state index in [1.807, 2.05) is 24.3 Å². The number of hydrogen-bond donors (Lipinski definition) is 0. The summed E-state index contributed by atoms with van der Waals surface area (Å²) < 4.78 is 10.4. The quantitative estimate of drug-likeness (QED) is 0.545. The molecule has 0 aromatic heterocycles. The minimum atomic E-state index is -0.275. The number of rotatable bonds is 5. The molecular formula is C11H13NO3. The Morgan fingerprint density at radius 1 is 1.40 bits per heavy atom. The predicted octanol–water partition coefficient (Wildman–Crippen LogP) is 1.72. The van der Waals surface area contributed by atoms with Crippen LogP contribution in [0, 0.1) is 0 Å². The first-order valence-electron chi connectivity index (χ1n) is 4.52. The van der Waals surface area contributed by atoms with Crippen molar-refractivity contribution < 1.29 is 14.3 Å². The third-order valence-electron chi connectivity index (χ3n) is 2.09. The molecule has 4 heteroatoms. The molecule has 0 heterocycles. The van der Waals surface area contributed by atoms with Gasteiger partial charge in [-0.3, -0.25) is 0 Å². The molecule has 1 rings (SSSR count). The minimum absolute atomic E-state index is 0.250. The van der Waals surface area contributed by atoms with Crippen LogP contribution in [0.4, 0.5) is 0 Å². The lowest BCUT2D eigenvalue weighted by Crippen LogP contribution is -2.06. The summed E-state index contributed by atoms with van der Waals surface area (Å²) in [6, 6.07) is 7.48. The SMILES string of the molecule is COc1ccccc1C(CN=C=O)OC. The van der Waals surface area contributed by atoms with E-state index in [-0.39, 0.29) is 12.6 Å². The first kappa shape index (κ1) is 11.4. The molecule has 0 aliphatic carbocycles. The summed E-state index contributed by atoms with van der Waals surface area (Å²) in [6.07, 6.45) is 1.22. The molecule has 0 aliphatic heterocycles. The summed E-state index contributed by atoms with van der Waals surface area (Å²) in [4.78, 5) is 13.5. The van der Waals surface area contributed by atoms with Crippen molar-refractivity contribution in [2.24, 2.45) is 4.99 Å². The average molecular weight is 207 g/mol. The second-order valence-electron chi connectivity index (χ2n) is 2.90. The van der Waals surface area contributed by atoms with Crippen LogP contribution in [0.15, 0.2) is 29.3 Å². The first-order valence-corrected chi connectivity index (χ1v) is 4.52. The zero-order chi connectivity index (χ0) is 11.1. The van der Waals surface area contributed by atoms with Gasteiger partial charge in [-0.25, -0.2) is 9.79 Å². The van der Waals surface area contributed by atoms with Gasteiger partial charge in [0.25, 0.3) is 0 Å². The molecule has 1 atom stereocenters. The minimum Gasteiger partial charge on any atom is -0.496 e. The zero-order valence-electron chi connectivity index (χ0n) is 8.77. The number of isocyanates is 1. The number of hydrogen-bond acceptors (Lipinski definition) is 4. The van der Waals surface area contributed by atoms with Gasteiger partial charge in [-0.2, -0.15) is 0 Å². The Kier molecular flexibility index (Phi) is 4.54. The van der Waals surface area contributed by atoms with Crippen molar-refractivity contribution in [3.05, 3.63) is 29.8 Å². The Bertz CT molecular complexity index is 359. The molecule has 1 unspecified atom stereocenters. The van der Waals surface area contributed by atoms with Crippen molar-refractivity contribution in [2.45, 2.75) is 6.10 Å². The third kappa shape index (κ3) is 2.91. The van der Waals surface area contributed by atoms with E-state index in [0.29, 0.717) is 0 Å². The van der Waals surface area contributed by atoms with E-state index >= 15 is 0 Å². The smallest absolute Gasteiger partial charge is 0.235 e. The second kappa shape index (κ2) is 5.96. The summed E-state index contributed by atoms with van der Waals surface area (Å²) in [5.74, 6) is 0.727. The highest BCUT2D eigenvalue weighted by Gasteiger charge is 2.14. The van der Waals surface area contributed by atoms with Gasteiger partial charge in [0.15, 0.2) is 0 Å². The van der Waals surface area contributed by atoms with Crippen LogP contribution >= 0.6 is 0 Å². The molecule has 1 aromatic rings. The second-order valence-corrected chi connectivity index (χ2v) is 2.90. The summed E-state index contributed by atoms with van der Waals surface area (Å²) in [5.41, 5.74) is 0.876. The van der Waals surface area contributed by atoms with Crippen LogP contribution in [0.25, 0.3) is 0 Å². The maximum absolute atomic E-state index is 10.0. The molecule has 0 amide bonds. The van der Waals surface area contributed by atoms with E-state index in [0.717, 1.165) is 11.3 Å². The Morgan fingerprint density at radius 3 is 2.73 bits per heavy atom. The lowest BCUT2D eigenvalue weighted by Gasteiger charge is -2.15. The normalized spacial score (nSPS) is 11.6. The standard InChI is InChI=1S/C11H13NO3/c1-14-10-6-4-3-5-9(10)11(15-2)7-12-8-13/h3-6,11H,7H2,1-2H3. The monoisotopic (exact) mass is 207 g/mol. The largest absolute Gasteiger partial charge is 0.496 e. The van der Waals surface area contributed by atoms with Crippen molar-refractivity contribution in [1.82, 2.24) is 0 Å². The van der Waals surface area contributed by atoms with Gasteiger partial charge in [0.2, 0.25) is 6.08 Å². The van der Waals surface area contributed by atoms with E-state index < -0.39 is 0 Å². The number of aliphatic imine (C=N–C) groups is 1. The molecule has 0 spiro atoms. The van der Waals surface area contributed by atoms with Gasteiger partial charge in [0.05, 0.1) is 13.7 Å². The van der Waals surface area contributed by atoms with Gasteiger partial charge >= 0.3 is 0 Å². The molecule has 0 fully saturated rings. The highest BCUT2D eigenvalue weighted by molar-refractivity contribution is 5.37. The maximum atomic E-state index is 10.0. The van der Waals surface area contributed by atoms with Crippen LogP contribution in [0.1, 0.15) is 11.7 Å². The van der Waals surface area contributed by atoms with Crippen molar-refractivity contribution >= 4 is 6.08 Å². The number of ether oxygens (including phenoxy) is 2. The van der Waals surface area contributed by atoms with E-state index in [2.05, 4.69) is 4.99 Å². The molecule has 15 heavy (non-hydrogen) atoms. The van der Waals surface area contributed by atoms with Crippen LogP contribution in [0.5, 0.6) is 5.75 Å². The van der Waals surface area contributed by atoms with Crippen molar-refractivity contribution in [3.63, 3.8) is 0 Å². The lowest BCUT2D eigenvalue weighted by atomic mass is 10.1. The Hall–Kier alpha value is -1.64. The van der Waals surface area contributed by atoms with Crippen LogP contribution < -0.4 is 4.74 Å². The van der Waals surface area contributed by atoms with E-state index in [1.165, 1.54) is 6.08 Å². The fourth-order valence-corrected chi connectivity index (χ4v) is 1.35. The third-order valence-corrected chi connectivity index (χ3v) is 2.09. The highest BCUT2D eigenvalue weighted by atomic mass is 16.5. The summed E-state index contributed by atoms with van der Waals surface area (Å²) in [5, 5.41) is 0. The van der Waals surface area contributed by atoms with E-state index in [4.69, 9.17) is 9.47 Å². The number of carbonyl (C=O) groups excluding carboxylic acids is 1. The topological polar surface area (TPSA) is 47.9 Å². The average Bonchev–Trinajstić information content (AvgIpc) is 2.30. The van der Waals surface area contributed by atoms with E-state index in [9.17, 15) is 4.79 Å². The predicted molar refractivity (Wildman–Crippen MR) is 55.7 cm³/mol. The fraction of sp³-hybridized carbons (Fsp3) is 0.364. The molecule has 0 aliphatic rings. The maximum Gasteiger partial charge on any atom is 0.235 e. The Labute approximate surface area is 88.5 Å². The molecule has 0 saturated carbocycles. The Morgan fingerprint density at radius 2 is 2.13 bits per heavy atom. The molecular weight excluding hydrogens is 194 g/mol. The van der Waals surface area contributed by atoms with Crippen molar-refractivity contribution in [1.29, 1.82) is 0 Å². The van der Waals surface area contributed by atoms with Crippen molar-refractivity contribution in [2.75, 3.05) is 20.8 Å². The summed E-state index contributed by atoms with van der Waals surface area (Å²) in [6.45, 7) is 0.250. The molecule has 0 bridgehead atoms. The Balaban J connectivity index is 2.94. The van der Waals surface area contributed by atoms with Gasteiger partial charge in [-0.1, -0.05) is 18.2 Å². The number of benzene rings is 1.